The van der Waals surface area contributed by atoms with Crippen LogP contribution >= 0.6 is 0 Å². The highest BCUT2D eigenvalue weighted by atomic mass is 19.4. The summed E-state index contributed by atoms with van der Waals surface area (Å²) in [5.41, 5.74) is 0.374. The second-order valence-corrected chi connectivity index (χ2v) is 4.48. The fourth-order valence-electron chi connectivity index (χ4n) is 2.08. The van der Waals surface area contributed by atoms with E-state index in [1.165, 1.54) is 18.2 Å². The van der Waals surface area contributed by atoms with Gasteiger partial charge in [-0.3, -0.25) is 4.79 Å². The molecule has 0 fully saturated rings. The summed E-state index contributed by atoms with van der Waals surface area (Å²) < 4.78 is 43.4. The van der Waals surface area contributed by atoms with Crippen LogP contribution in [0, 0.1) is 0 Å². The normalized spacial score (nSPS) is 11.8. The number of hydrogen-bond acceptors (Lipinski definition) is 3. The van der Waals surface area contributed by atoms with Crippen molar-refractivity contribution < 1.29 is 22.5 Å². The zero-order valence-corrected chi connectivity index (χ0v) is 10.5. The largest absolute Gasteiger partial charge is 0.416 e. The van der Waals surface area contributed by atoms with Crippen LogP contribution in [-0.4, -0.2) is 11.4 Å². The summed E-state index contributed by atoms with van der Waals surface area (Å²) in [4.78, 5) is 10.8. The van der Waals surface area contributed by atoms with Crippen molar-refractivity contribution in [1.82, 2.24) is 5.16 Å². The summed E-state index contributed by atoms with van der Waals surface area (Å²) in [6.07, 6.45) is -3.78. The molecule has 6 heteroatoms. The average Bonchev–Trinajstić information content (AvgIpc) is 2.89. The fraction of sp³-hybridized carbons (Fsp3) is 0.0667. The molecule has 0 atom stereocenters. The first-order chi connectivity index (χ1) is 9.99. The zero-order valence-electron chi connectivity index (χ0n) is 10.5. The molecule has 0 spiro atoms. The second-order valence-electron chi connectivity index (χ2n) is 4.48. The molecule has 21 heavy (non-hydrogen) atoms. The van der Waals surface area contributed by atoms with Crippen molar-refractivity contribution in [2.75, 3.05) is 0 Å². The number of halogens is 3. The number of benzene rings is 2. The van der Waals surface area contributed by atoms with Gasteiger partial charge < -0.3 is 4.52 Å². The first-order valence-electron chi connectivity index (χ1n) is 6.01. The molecule has 0 saturated carbocycles. The Bertz CT molecular complexity index is 821. The quantitative estimate of drug-likeness (QED) is 0.660. The minimum atomic E-state index is -4.43. The molecule has 106 valence electrons. The third-order valence-electron chi connectivity index (χ3n) is 3.09. The van der Waals surface area contributed by atoms with E-state index in [2.05, 4.69) is 5.16 Å². The van der Waals surface area contributed by atoms with E-state index in [4.69, 9.17) is 4.52 Å². The van der Waals surface area contributed by atoms with Crippen LogP contribution in [0.5, 0.6) is 0 Å². The maximum atomic E-state index is 12.7. The lowest BCUT2D eigenvalue weighted by molar-refractivity contribution is -0.137. The van der Waals surface area contributed by atoms with Crippen molar-refractivity contribution in [1.29, 1.82) is 0 Å². The predicted molar refractivity (Wildman–Crippen MR) is 69.8 cm³/mol. The van der Waals surface area contributed by atoms with Crippen molar-refractivity contribution in [2.24, 2.45) is 0 Å². The van der Waals surface area contributed by atoms with Gasteiger partial charge in [-0.15, -0.1) is 0 Å². The van der Waals surface area contributed by atoms with Crippen LogP contribution in [0.3, 0.4) is 0 Å². The van der Waals surface area contributed by atoms with Crippen molar-refractivity contribution in [3.05, 3.63) is 53.6 Å². The Kier molecular flexibility index (Phi) is 3.01. The van der Waals surface area contributed by atoms with Gasteiger partial charge in [0.15, 0.2) is 5.76 Å². The maximum absolute atomic E-state index is 12.7. The average molecular weight is 291 g/mol. The molecule has 0 bridgehead atoms. The molecule has 0 saturated heterocycles. The molecule has 2 aromatic carbocycles. The Balaban J connectivity index is 2.18. The Morgan fingerprint density at radius 2 is 1.90 bits per heavy atom. The Labute approximate surface area is 117 Å². The molecule has 3 nitrogen and oxygen atoms in total. The molecule has 3 aromatic rings. The smallest absolute Gasteiger partial charge is 0.355 e. The maximum Gasteiger partial charge on any atom is 0.416 e. The molecular weight excluding hydrogens is 283 g/mol. The first kappa shape index (κ1) is 13.4. The number of rotatable bonds is 2. The zero-order chi connectivity index (χ0) is 15.0. The first-order valence-corrected chi connectivity index (χ1v) is 6.01. The van der Waals surface area contributed by atoms with Crippen molar-refractivity contribution in [3.8, 4) is 11.3 Å². The van der Waals surface area contributed by atoms with Gasteiger partial charge in [-0.1, -0.05) is 17.3 Å². The van der Waals surface area contributed by atoms with E-state index < -0.39 is 11.7 Å². The monoisotopic (exact) mass is 291 g/mol. The third kappa shape index (κ3) is 2.40. The molecule has 0 radical (unpaired) electrons. The van der Waals surface area contributed by atoms with E-state index in [9.17, 15) is 18.0 Å². The lowest BCUT2D eigenvalue weighted by Crippen LogP contribution is -2.04. The molecule has 0 aliphatic carbocycles. The van der Waals surface area contributed by atoms with Crippen LogP contribution in [0.4, 0.5) is 13.2 Å². The van der Waals surface area contributed by atoms with Gasteiger partial charge in [-0.2, -0.15) is 13.2 Å². The fourth-order valence-corrected chi connectivity index (χ4v) is 2.08. The standard InChI is InChI=1S/C15H8F3NO2/c16-15(17,18)11-3-1-2-10(7-11)14-12-6-9(8-20)4-5-13(12)19-21-14/h1-8H. The van der Waals surface area contributed by atoms with Crippen molar-refractivity contribution >= 4 is 17.2 Å². The number of carbonyl (C=O) groups excluding carboxylic acids is 1. The van der Waals surface area contributed by atoms with Crippen molar-refractivity contribution in [3.63, 3.8) is 0 Å². The number of aldehydes is 1. The lowest BCUT2D eigenvalue weighted by Gasteiger charge is -2.07. The second kappa shape index (κ2) is 4.73. The van der Waals surface area contributed by atoms with Gasteiger partial charge in [0, 0.05) is 11.1 Å². The highest BCUT2D eigenvalue weighted by Gasteiger charge is 2.30. The van der Waals surface area contributed by atoms with Gasteiger partial charge in [0.25, 0.3) is 0 Å². The van der Waals surface area contributed by atoms with E-state index in [0.29, 0.717) is 22.8 Å². The molecule has 0 unspecified atom stereocenters. The number of aromatic nitrogens is 1. The minimum absolute atomic E-state index is 0.208. The Hall–Kier alpha value is -2.63. The van der Waals surface area contributed by atoms with Crippen LogP contribution in [0.2, 0.25) is 0 Å². The van der Waals surface area contributed by atoms with Crippen molar-refractivity contribution in [2.45, 2.75) is 6.18 Å². The predicted octanol–water partition coefficient (Wildman–Crippen LogP) is 4.33. The molecule has 0 amide bonds. The number of hydrogen-bond donors (Lipinski definition) is 0. The van der Waals surface area contributed by atoms with Crippen LogP contribution in [0.15, 0.2) is 47.0 Å². The van der Waals surface area contributed by atoms with Crippen LogP contribution in [-0.2, 0) is 6.18 Å². The lowest BCUT2D eigenvalue weighted by atomic mass is 10.0. The van der Waals surface area contributed by atoms with Crippen LogP contribution in [0.1, 0.15) is 15.9 Å². The molecule has 0 aliphatic heterocycles. The summed E-state index contributed by atoms with van der Waals surface area (Å²) >= 11 is 0. The highest BCUT2D eigenvalue weighted by Crippen LogP contribution is 2.34. The molecule has 1 aromatic heterocycles. The van der Waals surface area contributed by atoms with E-state index >= 15 is 0 Å². The van der Waals surface area contributed by atoms with E-state index in [1.54, 1.807) is 12.1 Å². The van der Waals surface area contributed by atoms with Crippen LogP contribution in [0.25, 0.3) is 22.2 Å². The van der Waals surface area contributed by atoms with Gasteiger partial charge in [-0.25, -0.2) is 0 Å². The van der Waals surface area contributed by atoms with Gasteiger partial charge in [0.2, 0.25) is 0 Å². The minimum Gasteiger partial charge on any atom is -0.355 e. The molecular formula is C15H8F3NO2. The highest BCUT2D eigenvalue weighted by molar-refractivity contribution is 5.95. The summed E-state index contributed by atoms with van der Waals surface area (Å²) in [6, 6.07) is 9.47. The molecule has 0 N–H and O–H groups in total. The third-order valence-corrected chi connectivity index (χ3v) is 3.09. The van der Waals surface area contributed by atoms with Gasteiger partial charge in [0.1, 0.15) is 11.8 Å². The van der Waals surface area contributed by atoms with E-state index in [-0.39, 0.29) is 11.3 Å². The molecule has 0 aliphatic rings. The van der Waals surface area contributed by atoms with Crippen LogP contribution < -0.4 is 0 Å². The summed E-state index contributed by atoms with van der Waals surface area (Å²) in [7, 11) is 0. The SMILES string of the molecule is O=Cc1ccc2noc(-c3cccc(C(F)(F)F)c3)c2c1. The number of nitrogens with zero attached hydrogens (tertiary/aromatic N) is 1. The Morgan fingerprint density at radius 3 is 2.62 bits per heavy atom. The number of carbonyl (C=O) groups is 1. The number of fused-ring (bicyclic) bond motifs is 1. The summed E-state index contributed by atoms with van der Waals surface area (Å²) in [5.74, 6) is 0.208. The van der Waals surface area contributed by atoms with E-state index in [1.807, 2.05) is 0 Å². The molecule has 3 rings (SSSR count). The van der Waals surface area contributed by atoms with Gasteiger partial charge >= 0.3 is 6.18 Å². The topological polar surface area (TPSA) is 43.1 Å². The summed E-state index contributed by atoms with van der Waals surface area (Å²) in [5, 5.41) is 4.29. The van der Waals surface area contributed by atoms with E-state index in [0.717, 1.165) is 12.1 Å². The van der Waals surface area contributed by atoms with Gasteiger partial charge in [0.05, 0.1) is 10.9 Å². The summed E-state index contributed by atoms with van der Waals surface area (Å²) in [6.45, 7) is 0. The van der Waals surface area contributed by atoms with Gasteiger partial charge in [-0.05, 0) is 30.3 Å². The Morgan fingerprint density at radius 1 is 1.10 bits per heavy atom. The number of alkyl halides is 3. The molecule has 1 heterocycles.